The summed E-state index contributed by atoms with van der Waals surface area (Å²) in [7, 11) is 1.97. The Hall–Kier alpha value is -1.64. The van der Waals surface area contributed by atoms with Crippen molar-refractivity contribution in [2.24, 2.45) is 5.92 Å². The van der Waals surface area contributed by atoms with Gasteiger partial charge in [0.1, 0.15) is 6.29 Å². The number of Topliss-reactive ketones (excluding diaryl/α,β-unsaturated/α-hetero) is 1. The van der Waals surface area contributed by atoms with Crippen LogP contribution in [0.4, 0.5) is 5.69 Å². The molecule has 3 heteroatoms. The Kier molecular flexibility index (Phi) is 3.01. The highest BCUT2D eigenvalue weighted by atomic mass is 16.1. The lowest BCUT2D eigenvalue weighted by molar-refractivity contribution is -0.110. The lowest BCUT2D eigenvalue weighted by Gasteiger charge is -2.21. The molecule has 0 N–H and O–H groups in total. The topological polar surface area (TPSA) is 37.4 Å². The number of ketones is 1. The van der Waals surface area contributed by atoms with Crippen LogP contribution in [0.2, 0.25) is 0 Å². The number of benzene rings is 1. The largest absolute Gasteiger partial charge is 0.374 e. The van der Waals surface area contributed by atoms with Crippen molar-refractivity contribution < 1.29 is 9.59 Å². The molecule has 0 saturated carbocycles. The van der Waals surface area contributed by atoms with E-state index in [4.69, 9.17) is 0 Å². The van der Waals surface area contributed by atoms with Crippen molar-refractivity contribution in [1.29, 1.82) is 0 Å². The summed E-state index contributed by atoms with van der Waals surface area (Å²) in [5.74, 6) is -0.522. The molecule has 0 saturated heterocycles. The molecule has 1 unspecified atom stereocenters. The molecule has 1 aliphatic heterocycles. The minimum Gasteiger partial charge on any atom is -0.374 e. The SMILES string of the molecule is Cc1cc(C)c2c(c1)C(=O)C(C=O)CCN2C. The van der Waals surface area contributed by atoms with Crippen LogP contribution in [0.3, 0.4) is 0 Å². The van der Waals surface area contributed by atoms with Gasteiger partial charge in [0.05, 0.1) is 11.6 Å². The van der Waals surface area contributed by atoms with Gasteiger partial charge in [-0.1, -0.05) is 6.07 Å². The Morgan fingerprint density at radius 1 is 1.35 bits per heavy atom. The Labute approximate surface area is 101 Å². The summed E-state index contributed by atoms with van der Waals surface area (Å²) in [5.41, 5.74) is 3.83. The number of hydrogen-bond acceptors (Lipinski definition) is 3. The number of hydrogen-bond donors (Lipinski definition) is 0. The first-order valence-corrected chi connectivity index (χ1v) is 5.86. The zero-order valence-corrected chi connectivity index (χ0v) is 10.5. The summed E-state index contributed by atoms with van der Waals surface area (Å²) in [6.45, 7) is 4.73. The van der Waals surface area contributed by atoms with Crippen LogP contribution in [0.25, 0.3) is 0 Å². The lowest BCUT2D eigenvalue weighted by atomic mass is 9.94. The molecule has 0 amide bonds. The number of aryl methyl sites for hydroxylation is 2. The van der Waals surface area contributed by atoms with Crippen LogP contribution in [0.15, 0.2) is 12.1 Å². The summed E-state index contributed by atoms with van der Waals surface area (Å²) < 4.78 is 0. The standard InChI is InChI=1S/C14H17NO2/c1-9-6-10(2)13-12(7-9)14(17)11(8-16)4-5-15(13)3/h6-8,11H,4-5H2,1-3H3. The van der Waals surface area contributed by atoms with Gasteiger partial charge in [0.25, 0.3) is 0 Å². The number of nitrogens with zero attached hydrogens (tertiary/aromatic N) is 1. The van der Waals surface area contributed by atoms with Crippen LogP contribution in [0.1, 0.15) is 27.9 Å². The number of carbonyl (C=O) groups is 2. The molecule has 1 heterocycles. The number of aldehydes is 1. The van der Waals surface area contributed by atoms with Gasteiger partial charge in [-0.3, -0.25) is 4.79 Å². The molecule has 1 aromatic rings. The van der Waals surface area contributed by atoms with Crippen molar-refractivity contribution in [1.82, 2.24) is 0 Å². The zero-order valence-electron chi connectivity index (χ0n) is 10.5. The van der Waals surface area contributed by atoms with Crippen molar-refractivity contribution >= 4 is 17.8 Å². The highest BCUT2D eigenvalue weighted by Crippen LogP contribution is 2.31. The van der Waals surface area contributed by atoms with Crippen LogP contribution >= 0.6 is 0 Å². The first kappa shape index (κ1) is 11.8. The van der Waals surface area contributed by atoms with Gasteiger partial charge < -0.3 is 9.69 Å². The first-order chi connectivity index (χ1) is 8.04. The van der Waals surface area contributed by atoms with Gasteiger partial charge in [-0.15, -0.1) is 0 Å². The minimum atomic E-state index is -0.486. The summed E-state index contributed by atoms with van der Waals surface area (Å²) in [6.07, 6.45) is 1.38. The van der Waals surface area contributed by atoms with Crippen molar-refractivity contribution in [3.63, 3.8) is 0 Å². The van der Waals surface area contributed by atoms with Crippen molar-refractivity contribution in [2.75, 3.05) is 18.5 Å². The third-order valence-corrected chi connectivity index (χ3v) is 3.37. The molecule has 0 fully saturated rings. The van der Waals surface area contributed by atoms with E-state index in [9.17, 15) is 9.59 Å². The molecular weight excluding hydrogens is 214 g/mol. The third-order valence-electron chi connectivity index (χ3n) is 3.37. The first-order valence-electron chi connectivity index (χ1n) is 5.86. The van der Waals surface area contributed by atoms with Crippen LogP contribution in [0.5, 0.6) is 0 Å². The smallest absolute Gasteiger partial charge is 0.175 e. The van der Waals surface area contributed by atoms with Crippen LogP contribution in [0, 0.1) is 19.8 Å². The second kappa shape index (κ2) is 4.32. The second-order valence-electron chi connectivity index (χ2n) is 4.80. The van der Waals surface area contributed by atoms with Gasteiger partial charge in [-0.2, -0.15) is 0 Å². The Bertz CT molecular complexity index is 479. The molecule has 1 aromatic carbocycles. The molecule has 90 valence electrons. The minimum absolute atomic E-state index is 0.0360. The van der Waals surface area contributed by atoms with E-state index in [1.54, 1.807) is 0 Å². The summed E-state index contributed by atoms with van der Waals surface area (Å²) in [5, 5.41) is 0. The molecule has 0 bridgehead atoms. The molecular formula is C14H17NO2. The lowest BCUT2D eigenvalue weighted by Crippen LogP contribution is -2.20. The molecule has 1 atom stereocenters. The average Bonchev–Trinajstić information content (AvgIpc) is 2.38. The molecule has 0 spiro atoms. The van der Waals surface area contributed by atoms with Crippen molar-refractivity contribution in [3.8, 4) is 0 Å². The molecule has 2 rings (SSSR count). The van der Waals surface area contributed by atoms with Gasteiger partial charge >= 0.3 is 0 Å². The van der Waals surface area contributed by atoms with E-state index in [1.807, 2.05) is 27.0 Å². The van der Waals surface area contributed by atoms with Gasteiger partial charge in [-0.05, 0) is 37.5 Å². The summed E-state index contributed by atoms with van der Waals surface area (Å²) in [6, 6.07) is 3.97. The molecule has 0 radical (unpaired) electrons. The van der Waals surface area contributed by atoms with Gasteiger partial charge in [0, 0.05) is 19.2 Å². The number of fused-ring (bicyclic) bond motifs is 1. The predicted molar refractivity (Wildman–Crippen MR) is 67.7 cm³/mol. The molecule has 1 aliphatic rings. The van der Waals surface area contributed by atoms with E-state index >= 15 is 0 Å². The normalized spacial score (nSPS) is 19.8. The molecule has 0 aliphatic carbocycles. The maximum atomic E-state index is 12.3. The summed E-state index contributed by atoms with van der Waals surface area (Å²) >= 11 is 0. The summed E-state index contributed by atoms with van der Waals surface area (Å²) in [4.78, 5) is 25.3. The fraction of sp³-hybridized carbons (Fsp3) is 0.429. The van der Waals surface area contributed by atoms with Crippen LogP contribution < -0.4 is 4.90 Å². The van der Waals surface area contributed by atoms with E-state index in [2.05, 4.69) is 11.0 Å². The Morgan fingerprint density at radius 2 is 2.06 bits per heavy atom. The van der Waals surface area contributed by atoms with Gasteiger partial charge in [0.2, 0.25) is 0 Å². The van der Waals surface area contributed by atoms with Gasteiger partial charge in [0.15, 0.2) is 5.78 Å². The van der Waals surface area contributed by atoms with E-state index in [0.717, 1.165) is 29.6 Å². The molecule has 0 aromatic heterocycles. The van der Waals surface area contributed by atoms with E-state index in [0.29, 0.717) is 12.0 Å². The monoisotopic (exact) mass is 231 g/mol. The highest BCUT2D eigenvalue weighted by Gasteiger charge is 2.28. The number of carbonyl (C=O) groups excluding carboxylic acids is 2. The van der Waals surface area contributed by atoms with Crippen LogP contribution in [-0.4, -0.2) is 25.7 Å². The second-order valence-corrected chi connectivity index (χ2v) is 4.80. The van der Waals surface area contributed by atoms with E-state index in [-0.39, 0.29) is 5.78 Å². The van der Waals surface area contributed by atoms with Crippen molar-refractivity contribution in [3.05, 3.63) is 28.8 Å². The van der Waals surface area contributed by atoms with Gasteiger partial charge in [-0.25, -0.2) is 0 Å². The number of rotatable bonds is 1. The zero-order chi connectivity index (χ0) is 12.6. The predicted octanol–water partition coefficient (Wildman–Crippen LogP) is 2.14. The maximum Gasteiger partial charge on any atom is 0.175 e. The fourth-order valence-electron chi connectivity index (χ4n) is 2.56. The molecule has 3 nitrogen and oxygen atoms in total. The van der Waals surface area contributed by atoms with E-state index < -0.39 is 5.92 Å². The van der Waals surface area contributed by atoms with E-state index in [1.165, 1.54) is 0 Å². The highest BCUT2D eigenvalue weighted by molar-refractivity contribution is 6.09. The fourth-order valence-corrected chi connectivity index (χ4v) is 2.56. The number of anilines is 1. The average molecular weight is 231 g/mol. The van der Waals surface area contributed by atoms with Crippen LogP contribution in [-0.2, 0) is 4.79 Å². The Balaban J connectivity index is 2.63. The maximum absolute atomic E-state index is 12.3. The molecule has 17 heavy (non-hydrogen) atoms. The van der Waals surface area contributed by atoms with Crippen molar-refractivity contribution in [2.45, 2.75) is 20.3 Å². The third kappa shape index (κ3) is 1.97. The quantitative estimate of drug-likeness (QED) is 0.549. The Morgan fingerprint density at radius 3 is 2.71 bits per heavy atom.